The van der Waals surface area contributed by atoms with Gasteiger partial charge in [0, 0.05) is 18.4 Å². The van der Waals surface area contributed by atoms with Gasteiger partial charge in [-0.05, 0) is 28.3 Å². The van der Waals surface area contributed by atoms with Crippen molar-refractivity contribution in [2.75, 3.05) is 6.61 Å². The highest BCUT2D eigenvalue weighted by atomic mass is 16.5. The molecule has 4 aromatic carbocycles. The maximum Gasteiger partial charge on any atom is 0.217 e. The number of ether oxygens (including phenoxy) is 1. The van der Waals surface area contributed by atoms with E-state index in [1.165, 1.54) is 0 Å². The minimum absolute atomic E-state index is 0.0365. The van der Waals surface area contributed by atoms with E-state index in [-0.39, 0.29) is 6.04 Å². The van der Waals surface area contributed by atoms with E-state index in [0.717, 1.165) is 27.8 Å². The van der Waals surface area contributed by atoms with Gasteiger partial charge in [0.05, 0.1) is 5.60 Å². The summed E-state index contributed by atoms with van der Waals surface area (Å²) in [7, 11) is 0. The molecule has 164 valence electrons. The molecule has 0 unspecified atom stereocenters. The highest BCUT2D eigenvalue weighted by Crippen LogP contribution is 2.35. The van der Waals surface area contributed by atoms with E-state index < -0.39 is 5.60 Å². The molecule has 1 N–H and O–H groups in total. The first-order valence-electron chi connectivity index (χ1n) is 11.4. The Morgan fingerprint density at radius 2 is 1.21 bits per heavy atom. The molecule has 0 saturated carbocycles. The lowest BCUT2D eigenvalue weighted by molar-refractivity contribution is 0.0367. The van der Waals surface area contributed by atoms with Gasteiger partial charge >= 0.3 is 0 Å². The monoisotopic (exact) mass is 433 g/mol. The summed E-state index contributed by atoms with van der Waals surface area (Å²) in [5.74, 6) is 0.596. The van der Waals surface area contributed by atoms with Gasteiger partial charge in [-0.15, -0.1) is 0 Å². The molecular weight excluding hydrogens is 406 g/mol. The summed E-state index contributed by atoms with van der Waals surface area (Å²) < 4.78 is 6.08. The van der Waals surface area contributed by atoms with Crippen LogP contribution in [0.1, 0.15) is 33.9 Å². The molecule has 0 aromatic heterocycles. The predicted molar refractivity (Wildman–Crippen MR) is 132 cm³/mol. The lowest BCUT2D eigenvalue weighted by Gasteiger charge is -2.31. The van der Waals surface area contributed by atoms with Gasteiger partial charge in [-0.2, -0.15) is 0 Å². The number of aliphatic hydroxyl groups is 1. The molecule has 0 amide bonds. The van der Waals surface area contributed by atoms with Gasteiger partial charge in [0.2, 0.25) is 5.90 Å². The number of benzene rings is 4. The largest absolute Gasteiger partial charge is 0.475 e. The van der Waals surface area contributed by atoms with Crippen molar-refractivity contribution in [2.45, 2.75) is 24.5 Å². The molecule has 1 atom stereocenters. The third-order valence-electron chi connectivity index (χ3n) is 6.17. The fraction of sp³-hybridized carbons (Fsp3) is 0.167. The SMILES string of the molecule is OC(Cc1ccccc1)(Cc1ccccc1)c1ccccc1C1=N[C@H](c2ccccc2)CO1. The molecule has 1 aliphatic heterocycles. The van der Waals surface area contributed by atoms with Gasteiger partial charge in [0.25, 0.3) is 0 Å². The highest BCUT2D eigenvalue weighted by molar-refractivity contribution is 5.97. The second-order valence-corrected chi connectivity index (χ2v) is 8.57. The predicted octanol–water partition coefficient (Wildman–Crippen LogP) is 5.88. The van der Waals surface area contributed by atoms with Crippen LogP contribution >= 0.6 is 0 Å². The van der Waals surface area contributed by atoms with Gasteiger partial charge in [0.15, 0.2) is 0 Å². The van der Waals surface area contributed by atoms with Crippen molar-refractivity contribution < 1.29 is 9.84 Å². The van der Waals surface area contributed by atoms with Crippen molar-refractivity contribution in [3.63, 3.8) is 0 Å². The zero-order chi connectivity index (χ0) is 22.5. The van der Waals surface area contributed by atoms with Crippen LogP contribution in [0.3, 0.4) is 0 Å². The van der Waals surface area contributed by atoms with Crippen LogP contribution in [0, 0.1) is 0 Å². The van der Waals surface area contributed by atoms with E-state index in [4.69, 9.17) is 9.73 Å². The first kappa shape index (κ1) is 21.2. The van der Waals surface area contributed by atoms with E-state index in [1.54, 1.807) is 0 Å². The van der Waals surface area contributed by atoms with Crippen molar-refractivity contribution in [3.05, 3.63) is 143 Å². The van der Waals surface area contributed by atoms with Crippen molar-refractivity contribution in [1.29, 1.82) is 0 Å². The summed E-state index contributed by atoms with van der Waals surface area (Å²) in [4.78, 5) is 4.90. The molecule has 3 nitrogen and oxygen atoms in total. The molecule has 0 saturated heterocycles. The minimum atomic E-state index is -1.12. The van der Waals surface area contributed by atoms with Crippen LogP contribution in [0.4, 0.5) is 0 Å². The van der Waals surface area contributed by atoms with Gasteiger partial charge in [-0.25, -0.2) is 4.99 Å². The van der Waals surface area contributed by atoms with Crippen LogP contribution in [0.15, 0.2) is 120 Å². The zero-order valence-electron chi connectivity index (χ0n) is 18.5. The topological polar surface area (TPSA) is 41.8 Å². The summed E-state index contributed by atoms with van der Waals surface area (Å²) in [6.07, 6.45) is 0.990. The van der Waals surface area contributed by atoms with Crippen LogP contribution in [-0.4, -0.2) is 17.6 Å². The summed E-state index contributed by atoms with van der Waals surface area (Å²) >= 11 is 0. The molecule has 0 aliphatic carbocycles. The third-order valence-corrected chi connectivity index (χ3v) is 6.17. The normalized spacial score (nSPS) is 15.7. The van der Waals surface area contributed by atoms with Gasteiger partial charge in [-0.3, -0.25) is 0 Å². The van der Waals surface area contributed by atoms with Crippen LogP contribution < -0.4 is 0 Å². The fourth-order valence-corrected chi connectivity index (χ4v) is 4.56. The van der Waals surface area contributed by atoms with Crippen LogP contribution in [-0.2, 0) is 23.2 Å². The maximum absolute atomic E-state index is 12.2. The van der Waals surface area contributed by atoms with E-state index >= 15 is 0 Å². The number of aliphatic imine (C=N–C) groups is 1. The molecule has 5 rings (SSSR count). The lowest BCUT2D eigenvalue weighted by Crippen LogP contribution is -2.33. The standard InChI is InChI=1S/C30H27NO2/c32-30(20-23-12-4-1-5-13-23,21-24-14-6-2-7-15-24)27-19-11-10-18-26(27)29-31-28(22-33-29)25-16-8-3-9-17-25/h1-19,28,32H,20-22H2/t28-/m0/s1. The lowest BCUT2D eigenvalue weighted by atomic mass is 9.80. The van der Waals surface area contributed by atoms with E-state index in [2.05, 4.69) is 36.4 Å². The Kier molecular flexibility index (Phi) is 6.05. The first-order chi connectivity index (χ1) is 16.2. The molecule has 0 fully saturated rings. The van der Waals surface area contributed by atoms with Crippen molar-refractivity contribution in [2.24, 2.45) is 4.99 Å². The Morgan fingerprint density at radius 1 is 0.697 bits per heavy atom. The van der Waals surface area contributed by atoms with Gasteiger partial charge < -0.3 is 9.84 Å². The minimum Gasteiger partial charge on any atom is -0.475 e. The first-order valence-corrected chi connectivity index (χ1v) is 11.4. The Labute approximate surface area is 195 Å². The number of rotatable bonds is 7. The molecule has 4 aromatic rings. The smallest absolute Gasteiger partial charge is 0.217 e. The van der Waals surface area contributed by atoms with Crippen LogP contribution in [0.5, 0.6) is 0 Å². The summed E-state index contributed by atoms with van der Waals surface area (Å²) in [5, 5.41) is 12.2. The second-order valence-electron chi connectivity index (χ2n) is 8.57. The van der Waals surface area contributed by atoms with Crippen molar-refractivity contribution in [1.82, 2.24) is 0 Å². The van der Waals surface area contributed by atoms with Crippen molar-refractivity contribution >= 4 is 5.90 Å². The Bertz CT molecular complexity index is 1180. The van der Waals surface area contributed by atoms with Crippen LogP contribution in [0.2, 0.25) is 0 Å². The number of hydrogen-bond acceptors (Lipinski definition) is 3. The average Bonchev–Trinajstić information content (AvgIpc) is 3.36. The summed E-state index contributed by atoms with van der Waals surface area (Å²) in [6, 6.07) is 38.4. The molecule has 3 heteroatoms. The Morgan fingerprint density at radius 3 is 1.82 bits per heavy atom. The second kappa shape index (κ2) is 9.43. The molecule has 1 aliphatic rings. The average molecular weight is 434 g/mol. The Balaban J connectivity index is 1.55. The third kappa shape index (κ3) is 4.74. The fourth-order valence-electron chi connectivity index (χ4n) is 4.56. The van der Waals surface area contributed by atoms with Gasteiger partial charge in [-0.1, -0.05) is 109 Å². The van der Waals surface area contributed by atoms with E-state index in [1.807, 2.05) is 78.9 Å². The van der Waals surface area contributed by atoms with Crippen molar-refractivity contribution in [3.8, 4) is 0 Å². The zero-order valence-corrected chi connectivity index (χ0v) is 18.5. The molecule has 0 bridgehead atoms. The molecule has 1 heterocycles. The van der Waals surface area contributed by atoms with E-state index in [9.17, 15) is 5.11 Å². The van der Waals surface area contributed by atoms with E-state index in [0.29, 0.717) is 25.3 Å². The maximum atomic E-state index is 12.2. The molecule has 0 radical (unpaired) electrons. The molecule has 33 heavy (non-hydrogen) atoms. The van der Waals surface area contributed by atoms with Gasteiger partial charge in [0.1, 0.15) is 12.6 Å². The Hall–Kier alpha value is -3.69. The highest BCUT2D eigenvalue weighted by Gasteiger charge is 2.35. The summed E-state index contributed by atoms with van der Waals surface area (Å²) in [6.45, 7) is 0.503. The summed E-state index contributed by atoms with van der Waals surface area (Å²) in [5.41, 5.74) is 3.88. The molecular formula is C30H27NO2. The number of hydrogen-bond donors (Lipinski definition) is 1. The van der Waals surface area contributed by atoms with Crippen LogP contribution in [0.25, 0.3) is 0 Å². The quantitative estimate of drug-likeness (QED) is 0.396. The molecule has 0 spiro atoms. The number of nitrogens with zero attached hydrogens (tertiary/aromatic N) is 1.